The summed E-state index contributed by atoms with van der Waals surface area (Å²) in [5, 5.41) is 0. The standard InChI is InChI=1S/C23H22N2O2/c1-25(17-21-10-6-14-24-16-21)23(26)13-12-19-9-5-11-22(15-19)27-18-20-7-3-2-4-8-20/h2-16H,17-18H2,1H3/b13-12+. The molecular weight excluding hydrogens is 336 g/mol. The molecule has 0 aliphatic heterocycles. The Morgan fingerprint density at radius 3 is 2.63 bits per heavy atom. The number of benzene rings is 2. The van der Waals surface area contributed by atoms with Crippen molar-refractivity contribution in [2.75, 3.05) is 7.05 Å². The zero-order chi connectivity index (χ0) is 18.9. The van der Waals surface area contributed by atoms with E-state index in [1.807, 2.05) is 66.7 Å². The van der Waals surface area contributed by atoms with Crippen molar-refractivity contribution in [3.8, 4) is 5.75 Å². The minimum Gasteiger partial charge on any atom is -0.489 e. The van der Waals surface area contributed by atoms with Gasteiger partial charge in [-0.1, -0.05) is 48.5 Å². The number of ether oxygens (including phenoxy) is 1. The van der Waals surface area contributed by atoms with E-state index in [2.05, 4.69) is 4.98 Å². The number of likely N-dealkylation sites (N-methyl/N-ethyl adjacent to an activating group) is 1. The molecule has 0 unspecified atom stereocenters. The summed E-state index contributed by atoms with van der Waals surface area (Å²) in [7, 11) is 1.78. The van der Waals surface area contributed by atoms with Crippen molar-refractivity contribution < 1.29 is 9.53 Å². The number of pyridine rings is 1. The lowest BCUT2D eigenvalue weighted by Gasteiger charge is -2.14. The van der Waals surface area contributed by atoms with Gasteiger partial charge in [0, 0.05) is 32.1 Å². The summed E-state index contributed by atoms with van der Waals surface area (Å²) < 4.78 is 5.83. The number of carbonyl (C=O) groups excluding carboxylic acids is 1. The number of rotatable bonds is 7. The van der Waals surface area contributed by atoms with Gasteiger partial charge in [0.15, 0.2) is 0 Å². The van der Waals surface area contributed by atoms with Crippen LogP contribution in [0.1, 0.15) is 16.7 Å². The molecule has 1 heterocycles. The van der Waals surface area contributed by atoms with Crippen molar-refractivity contribution in [1.82, 2.24) is 9.88 Å². The summed E-state index contributed by atoms with van der Waals surface area (Å²) in [5.74, 6) is 0.714. The second-order valence-electron chi connectivity index (χ2n) is 6.24. The van der Waals surface area contributed by atoms with Crippen LogP contribution >= 0.6 is 0 Å². The maximum absolute atomic E-state index is 12.3. The normalized spacial score (nSPS) is 10.7. The van der Waals surface area contributed by atoms with E-state index in [1.165, 1.54) is 0 Å². The smallest absolute Gasteiger partial charge is 0.246 e. The molecule has 0 bridgehead atoms. The molecule has 1 amide bonds. The Hall–Kier alpha value is -3.40. The van der Waals surface area contributed by atoms with Crippen LogP contribution in [0.15, 0.2) is 85.2 Å². The van der Waals surface area contributed by atoms with Gasteiger partial charge in [-0.2, -0.15) is 0 Å². The topological polar surface area (TPSA) is 42.4 Å². The zero-order valence-corrected chi connectivity index (χ0v) is 15.3. The van der Waals surface area contributed by atoms with Gasteiger partial charge >= 0.3 is 0 Å². The van der Waals surface area contributed by atoms with Crippen LogP contribution in [0.2, 0.25) is 0 Å². The monoisotopic (exact) mass is 358 g/mol. The molecule has 4 nitrogen and oxygen atoms in total. The molecule has 0 atom stereocenters. The first-order valence-electron chi connectivity index (χ1n) is 8.79. The molecule has 0 radical (unpaired) electrons. The first-order chi connectivity index (χ1) is 13.2. The predicted octanol–water partition coefficient (Wildman–Crippen LogP) is 4.33. The SMILES string of the molecule is CN(Cc1cccnc1)C(=O)/C=C/c1cccc(OCc2ccccc2)c1. The molecule has 3 rings (SSSR count). The van der Waals surface area contributed by atoms with Crippen molar-refractivity contribution in [2.24, 2.45) is 0 Å². The van der Waals surface area contributed by atoms with Gasteiger partial charge in [-0.25, -0.2) is 0 Å². The van der Waals surface area contributed by atoms with Crippen LogP contribution in [0, 0.1) is 0 Å². The average Bonchev–Trinajstić information content (AvgIpc) is 2.72. The molecule has 1 aromatic heterocycles. The second-order valence-corrected chi connectivity index (χ2v) is 6.24. The number of hydrogen-bond donors (Lipinski definition) is 0. The summed E-state index contributed by atoms with van der Waals surface area (Å²) in [6.45, 7) is 1.04. The Morgan fingerprint density at radius 2 is 1.85 bits per heavy atom. The van der Waals surface area contributed by atoms with E-state index in [-0.39, 0.29) is 5.91 Å². The quantitative estimate of drug-likeness (QED) is 0.590. The molecule has 0 N–H and O–H groups in total. The van der Waals surface area contributed by atoms with E-state index in [0.717, 1.165) is 22.4 Å². The van der Waals surface area contributed by atoms with Crippen molar-refractivity contribution in [2.45, 2.75) is 13.2 Å². The van der Waals surface area contributed by atoms with E-state index in [9.17, 15) is 4.79 Å². The highest BCUT2D eigenvalue weighted by Crippen LogP contribution is 2.16. The lowest BCUT2D eigenvalue weighted by atomic mass is 10.2. The highest BCUT2D eigenvalue weighted by molar-refractivity contribution is 5.91. The number of amides is 1. The van der Waals surface area contributed by atoms with E-state index in [1.54, 1.807) is 36.5 Å². The third kappa shape index (κ3) is 5.82. The van der Waals surface area contributed by atoms with Gasteiger partial charge in [0.05, 0.1) is 0 Å². The molecule has 0 saturated heterocycles. The molecule has 0 fully saturated rings. The van der Waals surface area contributed by atoms with Gasteiger partial charge in [-0.3, -0.25) is 9.78 Å². The van der Waals surface area contributed by atoms with Crippen LogP contribution < -0.4 is 4.74 Å². The maximum Gasteiger partial charge on any atom is 0.246 e. The van der Waals surface area contributed by atoms with Crippen LogP contribution in [0.5, 0.6) is 5.75 Å². The lowest BCUT2D eigenvalue weighted by molar-refractivity contribution is -0.125. The molecule has 3 aromatic rings. The minimum absolute atomic E-state index is 0.0607. The highest BCUT2D eigenvalue weighted by Gasteiger charge is 2.05. The van der Waals surface area contributed by atoms with Gasteiger partial charge in [-0.15, -0.1) is 0 Å². The summed E-state index contributed by atoms with van der Waals surface area (Å²) in [6.07, 6.45) is 6.86. The summed E-state index contributed by atoms with van der Waals surface area (Å²) >= 11 is 0. The molecule has 136 valence electrons. The first-order valence-corrected chi connectivity index (χ1v) is 8.79. The lowest BCUT2D eigenvalue weighted by Crippen LogP contribution is -2.24. The Kier molecular flexibility index (Phi) is 6.36. The van der Waals surface area contributed by atoms with Crippen LogP contribution in [0.4, 0.5) is 0 Å². The van der Waals surface area contributed by atoms with Crippen molar-refractivity contribution in [3.63, 3.8) is 0 Å². The Balaban J connectivity index is 1.57. The van der Waals surface area contributed by atoms with Crippen LogP contribution in [0.3, 0.4) is 0 Å². The fourth-order valence-electron chi connectivity index (χ4n) is 2.59. The van der Waals surface area contributed by atoms with E-state index >= 15 is 0 Å². The van der Waals surface area contributed by atoms with Crippen LogP contribution in [-0.2, 0) is 17.9 Å². The van der Waals surface area contributed by atoms with Crippen LogP contribution in [-0.4, -0.2) is 22.8 Å². The predicted molar refractivity (Wildman–Crippen MR) is 107 cm³/mol. The van der Waals surface area contributed by atoms with Gasteiger partial charge in [0.1, 0.15) is 12.4 Å². The molecular formula is C23H22N2O2. The van der Waals surface area contributed by atoms with Crippen molar-refractivity contribution >= 4 is 12.0 Å². The third-order valence-electron chi connectivity index (χ3n) is 4.04. The minimum atomic E-state index is -0.0607. The largest absolute Gasteiger partial charge is 0.489 e. The van der Waals surface area contributed by atoms with Gasteiger partial charge < -0.3 is 9.64 Å². The van der Waals surface area contributed by atoms with E-state index in [4.69, 9.17) is 4.74 Å². The molecule has 27 heavy (non-hydrogen) atoms. The van der Waals surface area contributed by atoms with Crippen molar-refractivity contribution in [1.29, 1.82) is 0 Å². The average molecular weight is 358 g/mol. The van der Waals surface area contributed by atoms with Gasteiger partial charge in [0.2, 0.25) is 5.91 Å². The number of nitrogens with zero attached hydrogens (tertiary/aromatic N) is 2. The highest BCUT2D eigenvalue weighted by atomic mass is 16.5. The summed E-state index contributed by atoms with van der Waals surface area (Å²) in [5.41, 5.74) is 3.03. The maximum atomic E-state index is 12.3. The van der Waals surface area contributed by atoms with E-state index in [0.29, 0.717) is 13.2 Å². The third-order valence-corrected chi connectivity index (χ3v) is 4.04. The molecule has 4 heteroatoms. The zero-order valence-electron chi connectivity index (χ0n) is 15.3. The first kappa shape index (κ1) is 18.4. The van der Waals surface area contributed by atoms with Crippen molar-refractivity contribution in [3.05, 3.63) is 102 Å². The fraction of sp³-hybridized carbons (Fsp3) is 0.130. The Labute approximate surface area is 159 Å². The van der Waals surface area contributed by atoms with Crippen LogP contribution in [0.25, 0.3) is 6.08 Å². The number of hydrogen-bond acceptors (Lipinski definition) is 3. The summed E-state index contributed by atoms with van der Waals surface area (Å²) in [4.78, 5) is 18.0. The second kappa shape index (κ2) is 9.34. The van der Waals surface area contributed by atoms with Gasteiger partial charge in [0.25, 0.3) is 0 Å². The summed E-state index contributed by atoms with van der Waals surface area (Å²) in [6, 6.07) is 21.5. The molecule has 0 aliphatic carbocycles. The number of aromatic nitrogens is 1. The molecule has 0 spiro atoms. The van der Waals surface area contributed by atoms with Gasteiger partial charge in [-0.05, 0) is 41.0 Å². The molecule has 0 saturated carbocycles. The van der Waals surface area contributed by atoms with E-state index < -0.39 is 0 Å². The fourth-order valence-corrected chi connectivity index (χ4v) is 2.59. The molecule has 0 aliphatic rings. The Morgan fingerprint density at radius 1 is 1.04 bits per heavy atom. The Bertz CT molecular complexity index is 893. The number of carbonyl (C=O) groups is 1. The molecule has 2 aromatic carbocycles.